The Morgan fingerprint density at radius 2 is 1.89 bits per heavy atom. The number of rotatable bonds is 2. The summed E-state index contributed by atoms with van der Waals surface area (Å²) >= 11 is 0. The SMILES string of the molecule is COc1ccc([C@H]2Nc3c(cc4c5c(cccc35)CC4)[C@@]3(C)OCC[C@@H]23)cc1. The molecule has 3 aromatic rings. The van der Waals surface area contributed by atoms with Gasteiger partial charge >= 0.3 is 0 Å². The van der Waals surface area contributed by atoms with Crippen molar-refractivity contribution in [3.05, 3.63) is 70.8 Å². The van der Waals surface area contributed by atoms with Crippen LogP contribution in [0.3, 0.4) is 0 Å². The molecule has 2 aliphatic heterocycles. The van der Waals surface area contributed by atoms with Gasteiger partial charge in [-0.15, -0.1) is 0 Å². The van der Waals surface area contributed by atoms with Gasteiger partial charge in [-0.2, -0.15) is 0 Å². The van der Waals surface area contributed by atoms with Gasteiger partial charge in [0.2, 0.25) is 0 Å². The van der Waals surface area contributed by atoms with Crippen molar-refractivity contribution in [2.75, 3.05) is 19.0 Å². The normalized spacial score (nSPS) is 27.4. The Bertz CT molecular complexity index is 1090. The van der Waals surface area contributed by atoms with Crippen LogP contribution in [0.15, 0.2) is 48.5 Å². The van der Waals surface area contributed by atoms with Crippen molar-refractivity contribution in [2.45, 2.75) is 37.8 Å². The fourth-order valence-electron chi connectivity index (χ4n) is 5.80. The van der Waals surface area contributed by atoms with E-state index in [9.17, 15) is 0 Å². The lowest BCUT2D eigenvalue weighted by Gasteiger charge is -2.44. The molecule has 0 spiro atoms. The highest BCUT2D eigenvalue weighted by atomic mass is 16.5. The minimum absolute atomic E-state index is 0.240. The number of methoxy groups -OCH3 is 1. The summed E-state index contributed by atoms with van der Waals surface area (Å²) in [6, 6.07) is 18.0. The Labute approximate surface area is 165 Å². The van der Waals surface area contributed by atoms with Gasteiger partial charge in [-0.1, -0.05) is 36.4 Å². The number of aryl methyl sites for hydroxylation is 2. The molecule has 0 bridgehead atoms. The fraction of sp³-hybridized carbons (Fsp3) is 0.360. The number of hydrogen-bond acceptors (Lipinski definition) is 3. The van der Waals surface area contributed by atoms with Gasteiger partial charge < -0.3 is 14.8 Å². The standard InChI is InChI=1S/C25H25NO2/c1-25-20(12-13-28-25)23(16-8-10-18(27-2)11-9-16)26-24-19-5-3-4-15-6-7-17(22(15)19)14-21(24)25/h3-5,8-11,14,20,23,26H,6-7,12-13H2,1-2H3/t20-,23+,25-/m0/s1. The summed E-state index contributed by atoms with van der Waals surface area (Å²) in [6.07, 6.45) is 3.37. The van der Waals surface area contributed by atoms with Crippen LogP contribution >= 0.6 is 0 Å². The fourth-order valence-corrected chi connectivity index (χ4v) is 5.80. The Hall–Kier alpha value is -2.52. The first-order valence-corrected chi connectivity index (χ1v) is 10.3. The van der Waals surface area contributed by atoms with Gasteiger partial charge in [-0.05, 0) is 60.4 Å². The molecule has 3 atom stereocenters. The number of ether oxygens (including phenoxy) is 2. The van der Waals surface area contributed by atoms with Gasteiger partial charge in [0.05, 0.1) is 18.8 Å². The molecule has 0 aromatic heterocycles. The maximum Gasteiger partial charge on any atom is 0.118 e. The summed E-state index contributed by atoms with van der Waals surface area (Å²) in [4.78, 5) is 0. The monoisotopic (exact) mass is 371 g/mol. The van der Waals surface area contributed by atoms with E-state index in [2.05, 4.69) is 60.8 Å². The lowest BCUT2D eigenvalue weighted by molar-refractivity contribution is -0.0177. The highest BCUT2D eigenvalue weighted by Gasteiger charge is 2.51. The smallest absolute Gasteiger partial charge is 0.118 e. The Morgan fingerprint density at radius 1 is 1.07 bits per heavy atom. The van der Waals surface area contributed by atoms with Crippen LogP contribution in [-0.4, -0.2) is 13.7 Å². The van der Waals surface area contributed by atoms with Crippen LogP contribution in [0.2, 0.25) is 0 Å². The van der Waals surface area contributed by atoms with E-state index in [1.807, 2.05) is 0 Å². The highest BCUT2D eigenvalue weighted by Crippen LogP contribution is 2.56. The van der Waals surface area contributed by atoms with E-state index in [-0.39, 0.29) is 11.6 Å². The Kier molecular flexibility index (Phi) is 3.37. The van der Waals surface area contributed by atoms with E-state index in [4.69, 9.17) is 9.47 Å². The van der Waals surface area contributed by atoms with Gasteiger partial charge in [-0.3, -0.25) is 0 Å². The average Bonchev–Trinajstić information content (AvgIpc) is 3.33. The van der Waals surface area contributed by atoms with Crippen molar-refractivity contribution < 1.29 is 9.47 Å². The first-order chi connectivity index (χ1) is 13.7. The van der Waals surface area contributed by atoms with Gasteiger partial charge in [0.15, 0.2) is 0 Å². The van der Waals surface area contributed by atoms with Crippen molar-refractivity contribution in [1.29, 1.82) is 0 Å². The number of nitrogens with one attached hydrogen (secondary N) is 1. The average molecular weight is 371 g/mol. The molecule has 142 valence electrons. The van der Waals surface area contributed by atoms with Crippen molar-refractivity contribution in [1.82, 2.24) is 0 Å². The van der Waals surface area contributed by atoms with E-state index in [0.29, 0.717) is 5.92 Å². The molecule has 1 aliphatic carbocycles. The summed E-state index contributed by atoms with van der Waals surface area (Å²) in [6.45, 7) is 3.13. The van der Waals surface area contributed by atoms with Crippen molar-refractivity contribution in [2.24, 2.45) is 5.92 Å². The van der Waals surface area contributed by atoms with E-state index >= 15 is 0 Å². The topological polar surface area (TPSA) is 30.5 Å². The molecule has 1 saturated heterocycles. The minimum atomic E-state index is -0.242. The predicted molar refractivity (Wildman–Crippen MR) is 112 cm³/mol. The second kappa shape index (κ2) is 5.74. The van der Waals surface area contributed by atoms with E-state index in [0.717, 1.165) is 31.6 Å². The lowest BCUT2D eigenvalue weighted by atomic mass is 9.72. The van der Waals surface area contributed by atoms with Gasteiger partial charge in [0, 0.05) is 29.2 Å². The van der Waals surface area contributed by atoms with Crippen LogP contribution in [0.5, 0.6) is 5.75 Å². The zero-order chi connectivity index (χ0) is 18.9. The summed E-state index contributed by atoms with van der Waals surface area (Å²) in [5.41, 5.74) is 6.65. The van der Waals surface area contributed by atoms with Crippen LogP contribution in [0.25, 0.3) is 10.8 Å². The lowest BCUT2D eigenvalue weighted by Crippen LogP contribution is -2.40. The van der Waals surface area contributed by atoms with Gasteiger partial charge in [-0.25, -0.2) is 0 Å². The third-order valence-corrected chi connectivity index (χ3v) is 7.24. The third kappa shape index (κ3) is 2.08. The second-order valence-electron chi connectivity index (χ2n) is 8.54. The molecule has 3 aromatic carbocycles. The summed E-state index contributed by atoms with van der Waals surface area (Å²) in [5.74, 6) is 1.32. The van der Waals surface area contributed by atoms with Crippen LogP contribution in [0, 0.1) is 5.92 Å². The van der Waals surface area contributed by atoms with Crippen LogP contribution in [-0.2, 0) is 23.2 Å². The quantitative estimate of drug-likeness (QED) is 0.657. The molecule has 1 fully saturated rings. The van der Waals surface area contributed by atoms with E-state index in [1.54, 1.807) is 7.11 Å². The van der Waals surface area contributed by atoms with Crippen LogP contribution in [0.1, 0.15) is 41.6 Å². The first-order valence-electron chi connectivity index (χ1n) is 10.3. The molecular formula is C25H25NO2. The Balaban J connectivity index is 1.57. The maximum absolute atomic E-state index is 6.47. The maximum atomic E-state index is 6.47. The molecule has 3 nitrogen and oxygen atoms in total. The molecular weight excluding hydrogens is 346 g/mol. The van der Waals surface area contributed by atoms with E-state index in [1.165, 1.54) is 38.7 Å². The van der Waals surface area contributed by atoms with Crippen molar-refractivity contribution in [3.63, 3.8) is 0 Å². The van der Waals surface area contributed by atoms with Crippen molar-refractivity contribution >= 4 is 16.5 Å². The molecule has 3 heteroatoms. The molecule has 1 N–H and O–H groups in total. The molecule has 0 radical (unpaired) electrons. The van der Waals surface area contributed by atoms with E-state index < -0.39 is 0 Å². The molecule has 0 saturated carbocycles. The molecule has 2 heterocycles. The Morgan fingerprint density at radius 3 is 2.71 bits per heavy atom. The molecule has 6 rings (SSSR count). The number of fused-ring (bicyclic) bond motifs is 4. The number of hydrogen-bond donors (Lipinski definition) is 1. The minimum Gasteiger partial charge on any atom is -0.497 e. The number of benzene rings is 3. The van der Waals surface area contributed by atoms with Gasteiger partial charge in [0.25, 0.3) is 0 Å². The largest absolute Gasteiger partial charge is 0.497 e. The third-order valence-electron chi connectivity index (χ3n) is 7.24. The summed E-state index contributed by atoms with van der Waals surface area (Å²) < 4.78 is 11.8. The van der Waals surface area contributed by atoms with Crippen molar-refractivity contribution in [3.8, 4) is 5.75 Å². The van der Waals surface area contributed by atoms with Crippen LogP contribution in [0.4, 0.5) is 5.69 Å². The van der Waals surface area contributed by atoms with Crippen LogP contribution < -0.4 is 10.1 Å². The first kappa shape index (κ1) is 16.4. The molecule has 0 amide bonds. The molecule has 0 unspecified atom stereocenters. The zero-order valence-corrected chi connectivity index (χ0v) is 16.4. The second-order valence-corrected chi connectivity index (χ2v) is 8.54. The predicted octanol–water partition coefficient (Wildman–Crippen LogP) is 5.37. The number of anilines is 1. The summed E-state index contributed by atoms with van der Waals surface area (Å²) in [5, 5.41) is 6.77. The highest BCUT2D eigenvalue weighted by molar-refractivity contribution is 6.01. The molecule has 3 aliphatic rings. The zero-order valence-electron chi connectivity index (χ0n) is 16.4. The molecule has 28 heavy (non-hydrogen) atoms. The van der Waals surface area contributed by atoms with Gasteiger partial charge in [0.1, 0.15) is 5.75 Å². The summed E-state index contributed by atoms with van der Waals surface area (Å²) in [7, 11) is 1.72.